The van der Waals surface area contributed by atoms with Gasteiger partial charge in [0.05, 0.1) is 11.1 Å². The standard InChI is InChI=1S/C72H47NO/c1-4-22-57-50(16-1)19-13-30-58(57)53-36-34-48(35-37-53)49-38-42-55(43-39-49)73(69-47-46-67(64-32-15-21-52-18-3-6-24-60(52)64)72-71(69)68-29-11-12-33-70(68)74-72)56-44-40-54(41-45-56)61-25-7-8-26-62(61)65-27-9-10-28-66(65)63-31-14-20-51-17-2-5-23-59(51)63/h1-47H. The molecule has 0 unspecified atom stereocenters. The van der Waals surface area contributed by atoms with Crippen molar-refractivity contribution in [3.8, 4) is 66.8 Å². The first-order valence-corrected chi connectivity index (χ1v) is 25.4. The van der Waals surface area contributed by atoms with Gasteiger partial charge in [-0.25, -0.2) is 0 Å². The number of hydrogen-bond acceptors (Lipinski definition) is 2. The number of hydrogen-bond donors (Lipinski definition) is 0. The second kappa shape index (κ2) is 18.1. The minimum atomic E-state index is 0.856. The average Bonchev–Trinajstić information content (AvgIpc) is 3.90. The van der Waals surface area contributed by atoms with E-state index in [0.29, 0.717) is 0 Å². The highest BCUT2D eigenvalue weighted by Crippen LogP contribution is 2.48. The van der Waals surface area contributed by atoms with Crippen molar-refractivity contribution in [1.29, 1.82) is 0 Å². The number of furan rings is 1. The zero-order chi connectivity index (χ0) is 49.0. The summed E-state index contributed by atoms with van der Waals surface area (Å²) in [5, 5.41) is 9.52. The second-order valence-corrected chi connectivity index (χ2v) is 19.1. The molecule has 0 bridgehead atoms. The van der Waals surface area contributed by atoms with Crippen molar-refractivity contribution in [3.63, 3.8) is 0 Å². The van der Waals surface area contributed by atoms with Gasteiger partial charge in [-0.05, 0) is 136 Å². The Bertz CT molecular complexity index is 4400. The Kier molecular flexibility index (Phi) is 10.6. The number of benzene rings is 13. The van der Waals surface area contributed by atoms with Crippen molar-refractivity contribution in [1.82, 2.24) is 0 Å². The third-order valence-corrected chi connectivity index (χ3v) is 14.9. The Labute approximate surface area is 430 Å². The van der Waals surface area contributed by atoms with Crippen LogP contribution in [-0.2, 0) is 0 Å². The lowest BCUT2D eigenvalue weighted by Gasteiger charge is -2.27. The smallest absolute Gasteiger partial charge is 0.145 e. The molecule has 0 aliphatic heterocycles. The summed E-state index contributed by atoms with van der Waals surface area (Å²) in [6.07, 6.45) is 0. The van der Waals surface area contributed by atoms with Crippen molar-refractivity contribution >= 4 is 71.3 Å². The van der Waals surface area contributed by atoms with E-state index < -0.39 is 0 Å². The lowest BCUT2D eigenvalue weighted by molar-refractivity contribution is 0.670. The highest BCUT2D eigenvalue weighted by atomic mass is 16.3. The summed E-state index contributed by atoms with van der Waals surface area (Å²) in [4.78, 5) is 2.40. The van der Waals surface area contributed by atoms with Crippen LogP contribution >= 0.6 is 0 Å². The van der Waals surface area contributed by atoms with E-state index in [9.17, 15) is 0 Å². The molecule has 346 valence electrons. The maximum Gasteiger partial charge on any atom is 0.145 e. The maximum atomic E-state index is 6.96. The Morgan fingerprint density at radius 1 is 0.230 bits per heavy atom. The molecule has 74 heavy (non-hydrogen) atoms. The number of fused-ring (bicyclic) bond motifs is 6. The summed E-state index contributed by atoms with van der Waals surface area (Å²) in [6, 6.07) is 103. The molecule has 2 nitrogen and oxygen atoms in total. The van der Waals surface area contributed by atoms with Crippen LogP contribution in [0.5, 0.6) is 0 Å². The molecular formula is C72H47NO. The molecule has 0 saturated carbocycles. The van der Waals surface area contributed by atoms with Crippen LogP contribution in [0.25, 0.3) is 121 Å². The molecule has 0 fully saturated rings. The number of rotatable bonds is 9. The molecule has 0 N–H and O–H groups in total. The normalized spacial score (nSPS) is 11.5. The molecule has 1 heterocycles. The predicted octanol–water partition coefficient (Wildman–Crippen LogP) is 20.5. The van der Waals surface area contributed by atoms with E-state index in [-0.39, 0.29) is 0 Å². The lowest BCUT2D eigenvalue weighted by atomic mass is 9.88. The molecular weight excluding hydrogens is 895 g/mol. The number of para-hydroxylation sites is 1. The van der Waals surface area contributed by atoms with Gasteiger partial charge in [-0.15, -0.1) is 0 Å². The quantitative estimate of drug-likeness (QED) is 0.143. The van der Waals surface area contributed by atoms with Gasteiger partial charge in [0, 0.05) is 22.3 Å². The van der Waals surface area contributed by atoms with Gasteiger partial charge in [-0.2, -0.15) is 0 Å². The van der Waals surface area contributed by atoms with E-state index in [1.165, 1.54) is 76.8 Å². The van der Waals surface area contributed by atoms with Gasteiger partial charge in [0.25, 0.3) is 0 Å². The summed E-state index contributed by atoms with van der Waals surface area (Å²) in [6.45, 7) is 0. The van der Waals surface area contributed by atoms with E-state index in [2.05, 4.69) is 290 Å². The molecule has 2 heteroatoms. The Hall–Kier alpha value is -9.76. The highest BCUT2D eigenvalue weighted by molar-refractivity contribution is 6.18. The van der Waals surface area contributed by atoms with Gasteiger partial charge in [0.1, 0.15) is 11.2 Å². The van der Waals surface area contributed by atoms with E-state index in [1.807, 2.05) is 0 Å². The average molecular weight is 942 g/mol. The molecule has 0 aliphatic carbocycles. The monoisotopic (exact) mass is 941 g/mol. The van der Waals surface area contributed by atoms with Crippen molar-refractivity contribution in [2.45, 2.75) is 0 Å². The topological polar surface area (TPSA) is 16.4 Å². The lowest BCUT2D eigenvalue weighted by Crippen LogP contribution is -2.10. The molecule has 0 saturated heterocycles. The molecule has 0 atom stereocenters. The number of anilines is 3. The summed E-state index contributed by atoms with van der Waals surface area (Å²) >= 11 is 0. The highest BCUT2D eigenvalue weighted by Gasteiger charge is 2.24. The van der Waals surface area contributed by atoms with Gasteiger partial charge in [0.15, 0.2) is 0 Å². The van der Waals surface area contributed by atoms with Crippen LogP contribution in [0.15, 0.2) is 290 Å². The largest absolute Gasteiger partial charge is 0.455 e. The summed E-state index contributed by atoms with van der Waals surface area (Å²) in [5.74, 6) is 0. The minimum absolute atomic E-state index is 0.856. The van der Waals surface area contributed by atoms with E-state index in [1.54, 1.807) is 0 Å². The van der Waals surface area contributed by atoms with Crippen LogP contribution in [0, 0.1) is 0 Å². The first kappa shape index (κ1) is 43.1. The van der Waals surface area contributed by atoms with E-state index in [0.717, 1.165) is 61.3 Å². The van der Waals surface area contributed by atoms with Gasteiger partial charge in [-0.3, -0.25) is 0 Å². The molecule has 14 aromatic rings. The first-order chi connectivity index (χ1) is 36.7. The van der Waals surface area contributed by atoms with Gasteiger partial charge in [-0.1, -0.05) is 243 Å². The van der Waals surface area contributed by atoms with Crippen molar-refractivity contribution in [3.05, 3.63) is 285 Å². The maximum absolute atomic E-state index is 6.96. The Morgan fingerprint density at radius 2 is 0.595 bits per heavy atom. The Balaban J connectivity index is 0.902. The van der Waals surface area contributed by atoms with E-state index in [4.69, 9.17) is 4.42 Å². The molecule has 13 aromatic carbocycles. The summed E-state index contributed by atoms with van der Waals surface area (Å²) in [5.41, 5.74) is 19.0. The van der Waals surface area contributed by atoms with Gasteiger partial charge >= 0.3 is 0 Å². The van der Waals surface area contributed by atoms with Crippen LogP contribution in [-0.4, -0.2) is 0 Å². The fourth-order valence-corrected chi connectivity index (χ4v) is 11.4. The van der Waals surface area contributed by atoms with Crippen molar-refractivity contribution in [2.75, 3.05) is 4.90 Å². The van der Waals surface area contributed by atoms with Gasteiger partial charge in [0.2, 0.25) is 0 Å². The Morgan fingerprint density at radius 3 is 1.18 bits per heavy atom. The van der Waals surface area contributed by atoms with Crippen LogP contribution in [0.3, 0.4) is 0 Å². The molecule has 0 radical (unpaired) electrons. The SMILES string of the molecule is c1ccc(-c2ccccc2-c2cccc3ccccc23)c(-c2ccc(N(c3ccc(-c4ccc(-c5cccc6ccccc56)cc4)cc3)c3ccc(-c4cccc5ccccc45)c4oc5ccccc5c34)cc2)c1. The summed E-state index contributed by atoms with van der Waals surface area (Å²) in [7, 11) is 0. The van der Waals surface area contributed by atoms with Crippen LogP contribution < -0.4 is 4.90 Å². The molecule has 1 aromatic heterocycles. The molecule has 0 spiro atoms. The fraction of sp³-hybridized carbons (Fsp3) is 0. The van der Waals surface area contributed by atoms with Crippen LogP contribution in [0.1, 0.15) is 0 Å². The third-order valence-electron chi connectivity index (χ3n) is 14.9. The second-order valence-electron chi connectivity index (χ2n) is 19.1. The predicted molar refractivity (Wildman–Crippen MR) is 314 cm³/mol. The zero-order valence-electron chi connectivity index (χ0n) is 40.5. The fourth-order valence-electron chi connectivity index (χ4n) is 11.4. The third kappa shape index (κ3) is 7.43. The van der Waals surface area contributed by atoms with Gasteiger partial charge < -0.3 is 9.32 Å². The zero-order valence-corrected chi connectivity index (χ0v) is 40.5. The van der Waals surface area contributed by atoms with Crippen molar-refractivity contribution < 1.29 is 4.42 Å². The summed E-state index contributed by atoms with van der Waals surface area (Å²) < 4.78 is 6.96. The molecule has 0 amide bonds. The van der Waals surface area contributed by atoms with Crippen LogP contribution in [0.2, 0.25) is 0 Å². The minimum Gasteiger partial charge on any atom is -0.455 e. The first-order valence-electron chi connectivity index (χ1n) is 25.4. The van der Waals surface area contributed by atoms with Crippen LogP contribution in [0.4, 0.5) is 17.1 Å². The van der Waals surface area contributed by atoms with E-state index >= 15 is 0 Å². The van der Waals surface area contributed by atoms with Crippen molar-refractivity contribution in [2.24, 2.45) is 0 Å². The molecule has 14 rings (SSSR count). The molecule has 0 aliphatic rings. The number of nitrogens with zero attached hydrogens (tertiary/aromatic N) is 1.